The molecule has 34 heavy (non-hydrogen) atoms. The summed E-state index contributed by atoms with van der Waals surface area (Å²) in [6, 6.07) is 15.3. The van der Waals surface area contributed by atoms with Gasteiger partial charge in [-0.2, -0.15) is 0 Å². The van der Waals surface area contributed by atoms with Crippen LogP contribution in [-0.2, 0) is 14.3 Å². The molecule has 1 aliphatic carbocycles. The molecule has 7 heteroatoms. The van der Waals surface area contributed by atoms with Crippen molar-refractivity contribution in [3.8, 4) is 11.1 Å². The van der Waals surface area contributed by atoms with E-state index in [0.717, 1.165) is 35.1 Å². The highest BCUT2D eigenvalue weighted by atomic mass is 16.5. The van der Waals surface area contributed by atoms with Gasteiger partial charge in [0.1, 0.15) is 18.2 Å². The number of carboxylic acid groups (broad SMARTS) is 1. The van der Waals surface area contributed by atoms with Crippen LogP contribution in [0.4, 0.5) is 4.79 Å². The first-order valence-corrected chi connectivity index (χ1v) is 11.9. The third kappa shape index (κ3) is 4.27. The number of piperidine rings is 1. The number of ether oxygens (including phenoxy) is 1. The van der Waals surface area contributed by atoms with E-state index in [4.69, 9.17) is 4.74 Å². The highest BCUT2D eigenvalue weighted by Crippen LogP contribution is 2.44. The number of amides is 2. The predicted molar refractivity (Wildman–Crippen MR) is 128 cm³/mol. The van der Waals surface area contributed by atoms with Crippen molar-refractivity contribution in [2.45, 2.75) is 57.5 Å². The zero-order valence-corrected chi connectivity index (χ0v) is 19.9. The summed E-state index contributed by atoms with van der Waals surface area (Å²) < 4.78 is 5.63. The molecular formula is C27H32N2O5. The molecule has 0 bridgehead atoms. The molecule has 4 rings (SSSR count). The lowest BCUT2D eigenvalue weighted by Crippen LogP contribution is -2.63. The Morgan fingerprint density at radius 2 is 1.68 bits per heavy atom. The van der Waals surface area contributed by atoms with Gasteiger partial charge in [0.2, 0.25) is 5.91 Å². The molecule has 180 valence electrons. The fraction of sp³-hybridized carbons (Fsp3) is 0.444. The number of hydrogen-bond acceptors (Lipinski definition) is 4. The minimum Gasteiger partial charge on any atom is -0.480 e. The second kappa shape index (κ2) is 9.49. The summed E-state index contributed by atoms with van der Waals surface area (Å²) in [5.74, 6) is -1.63. The van der Waals surface area contributed by atoms with Crippen LogP contribution in [0.5, 0.6) is 0 Å². The number of likely N-dealkylation sites (tertiary alicyclic amines) is 1. The number of nitrogens with one attached hydrogen (secondary N) is 1. The minimum atomic E-state index is -1.26. The molecule has 3 atom stereocenters. The number of fused-ring (bicyclic) bond motifs is 3. The molecule has 0 saturated carbocycles. The van der Waals surface area contributed by atoms with Crippen molar-refractivity contribution in [3.05, 3.63) is 59.7 Å². The topological polar surface area (TPSA) is 95.9 Å². The van der Waals surface area contributed by atoms with Gasteiger partial charge in [0.05, 0.1) is 0 Å². The van der Waals surface area contributed by atoms with Gasteiger partial charge in [-0.3, -0.25) is 4.79 Å². The fourth-order valence-electron chi connectivity index (χ4n) is 5.26. The van der Waals surface area contributed by atoms with E-state index in [1.807, 2.05) is 43.3 Å². The Labute approximate surface area is 200 Å². The van der Waals surface area contributed by atoms with E-state index in [2.05, 4.69) is 17.4 Å². The van der Waals surface area contributed by atoms with E-state index in [0.29, 0.717) is 13.0 Å². The second-order valence-electron chi connectivity index (χ2n) is 9.54. The van der Waals surface area contributed by atoms with Crippen molar-refractivity contribution in [3.63, 3.8) is 0 Å². The third-order valence-electron chi connectivity index (χ3n) is 7.35. The van der Waals surface area contributed by atoms with Gasteiger partial charge in [0.25, 0.3) is 0 Å². The molecule has 3 unspecified atom stereocenters. The first kappa shape index (κ1) is 23.8. The Morgan fingerprint density at radius 1 is 1.09 bits per heavy atom. The van der Waals surface area contributed by atoms with Gasteiger partial charge in [-0.25, -0.2) is 9.59 Å². The van der Waals surface area contributed by atoms with E-state index < -0.39 is 23.6 Å². The van der Waals surface area contributed by atoms with Crippen molar-refractivity contribution in [1.82, 2.24) is 10.2 Å². The summed E-state index contributed by atoms with van der Waals surface area (Å²) in [6.07, 6.45) is 1.12. The van der Waals surface area contributed by atoms with Crippen LogP contribution in [0.3, 0.4) is 0 Å². The van der Waals surface area contributed by atoms with E-state index in [9.17, 15) is 19.5 Å². The quantitative estimate of drug-likeness (QED) is 0.660. The number of carboxylic acids is 1. The van der Waals surface area contributed by atoms with Crippen LogP contribution in [0.1, 0.15) is 57.1 Å². The van der Waals surface area contributed by atoms with Gasteiger partial charge in [-0.1, -0.05) is 62.4 Å². The number of carbonyl (C=O) groups excluding carboxylic acids is 2. The molecule has 7 nitrogen and oxygen atoms in total. The number of alkyl carbamates (subject to hydrolysis) is 1. The Bertz CT molecular complexity index is 1050. The lowest BCUT2D eigenvalue weighted by Gasteiger charge is -2.42. The average molecular weight is 465 g/mol. The SMILES string of the molecule is CCC(C)(NC(=O)OCC1c2ccccc2-c2ccccc21)C(=O)N1CCCC(C)C1C(=O)O. The molecule has 1 saturated heterocycles. The number of benzene rings is 2. The number of carbonyl (C=O) groups is 3. The monoisotopic (exact) mass is 464 g/mol. The van der Waals surface area contributed by atoms with E-state index in [-0.39, 0.29) is 24.3 Å². The predicted octanol–water partition coefficient (Wildman–Crippen LogP) is 4.41. The maximum Gasteiger partial charge on any atom is 0.408 e. The zero-order chi connectivity index (χ0) is 24.5. The summed E-state index contributed by atoms with van der Waals surface area (Å²) in [6.45, 7) is 5.79. The minimum absolute atomic E-state index is 0.0823. The van der Waals surface area contributed by atoms with Crippen molar-refractivity contribution >= 4 is 18.0 Å². The van der Waals surface area contributed by atoms with E-state index in [1.165, 1.54) is 4.90 Å². The Morgan fingerprint density at radius 3 is 2.24 bits per heavy atom. The van der Waals surface area contributed by atoms with Gasteiger partial charge in [-0.05, 0) is 54.4 Å². The maximum atomic E-state index is 13.4. The van der Waals surface area contributed by atoms with Crippen LogP contribution in [0.15, 0.2) is 48.5 Å². The number of aliphatic carboxylic acids is 1. The van der Waals surface area contributed by atoms with Crippen molar-refractivity contribution in [2.24, 2.45) is 5.92 Å². The largest absolute Gasteiger partial charge is 0.480 e. The molecule has 1 fully saturated rings. The van der Waals surface area contributed by atoms with Gasteiger partial charge in [-0.15, -0.1) is 0 Å². The fourth-order valence-corrected chi connectivity index (χ4v) is 5.26. The van der Waals surface area contributed by atoms with Crippen LogP contribution >= 0.6 is 0 Å². The number of nitrogens with zero attached hydrogens (tertiary/aromatic N) is 1. The summed E-state index contributed by atoms with van der Waals surface area (Å²) >= 11 is 0. The van der Waals surface area contributed by atoms with Crippen LogP contribution in [0.2, 0.25) is 0 Å². The highest BCUT2D eigenvalue weighted by molar-refractivity contribution is 5.92. The first-order chi connectivity index (χ1) is 16.3. The molecular weight excluding hydrogens is 432 g/mol. The normalized spacial score (nSPS) is 21.2. The number of hydrogen-bond donors (Lipinski definition) is 2. The summed E-state index contributed by atoms with van der Waals surface area (Å²) in [5, 5.41) is 12.4. The summed E-state index contributed by atoms with van der Waals surface area (Å²) in [5.41, 5.74) is 3.24. The average Bonchev–Trinajstić information content (AvgIpc) is 3.15. The molecule has 2 amide bonds. The smallest absolute Gasteiger partial charge is 0.408 e. The molecule has 1 aliphatic heterocycles. The Hall–Kier alpha value is -3.35. The van der Waals surface area contributed by atoms with Crippen LogP contribution in [0.25, 0.3) is 11.1 Å². The van der Waals surface area contributed by atoms with Crippen LogP contribution in [-0.4, -0.2) is 52.7 Å². The molecule has 0 aromatic heterocycles. The molecule has 1 heterocycles. The third-order valence-corrected chi connectivity index (χ3v) is 7.35. The van der Waals surface area contributed by atoms with E-state index in [1.54, 1.807) is 13.8 Å². The first-order valence-electron chi connectivity index (χ1n) is 11.9. The lowest BCUT2D eigenvalue weighted by molar-refractivity contribution is -0.157. The molecule has 2 N–H and O–H groups in total. The molecule has 2 aliphatic rings. The van der Waals surface area contributed by atoms with Crippen molar-refractivity contribution in [2.75, 3.05) is 13.2 Å². The van der Waals surface area contributed by atoms with Gasteiger partial charge in [0.15, 0.2) is 0 Å². The van der Waals surface area contributed by atoms with Crippen LogP contribution in [0, 0.1) is 5.92 Å². The maximum absolute atomic E-state index is 13.4. The molecule has 0 spiro atoms. The van der Waals surface area contributed by atoms with Crippen molar-refractivity contribution in [1.29, 1.82) is 0 Å². The van der Waals surface area contributed by atoms with Crippen LogP contribution < -0.4 is 5.32 Å². The zero-order valence-electron chi connectivity index (χ0n) is 19.9. The van der Waals surface area contributed by atoms with Gasteiger partial charge >= 0.3 is 12.1 Å². The summed E-state index contributed by atoms with van der Waals surface area (Å²) in [7, 11) is 0. The van der Waals surface area contributed by atoms with Crippen molar-refractivity contribution < 1.29 is 24.2 Å². The van der Waals surface area contributed by atoms with Gasteiger partial charge < -0.3 is 20.1 Å². The number of rotatable bonds is 6. The highest BCUT2D eigenvalue weighted by Gasteiger charge is 2.44. The molecule has 2 aromatic rings. The second-order valence-corrected chi connectivity index (χ2v) is 9.54. The molecule has 0 radical (unpaired) electrons. The summed E-state index contributed by atoms with van der Waals surface area (Å²) in [4.78, 5) is 39.5. The standard InChI is InChI=1S/C27H32N2O5/c1-4-27(3,25(32)29-15-9-10-17(2)23(29)24(30)31)28-26(33)34-16-22-20-13-7-5-11-18(20)19-12-6-8-14-21(19)22/h5-8,11-14,17,22-23H,4,9-10,15-16H2,1-3H3,(H,28,33)(H,30,31). The Kier molecular flexibility index (Phi) is 6.64. The van der Waals surface area contributed by atoms with E-state index >= 15 is 0 Å². The molecule has 2 aromatic carbocycles. The van der Waals surface area contributed by atoms with Gasteiger partial charge in [0, 0.05) is 12.5 Å². The Balaban J connectivity index is 1.47. The lowest BCUT2D eigenvalue weighted by atomic mass is 9.87.